The number of hydrogen-bond acceptors (Lipinski definition) is 3. The topological polar surface area (TPSA) is 69.4 Å². The summed E-state index contributed by atoms with van der Waals surface area (Å²) in [5.74, 6) is 0. The molecule has 3 N–H and O–H groups in total. The highest BCUT2D eigenvalue weighted by Crippen LogP contribution is 2.22. The number of hydrogen-bond donors (Lipinski definition) is 3. The second-order valence-electron chi connectivity index (χ2n) is 5.70. The number of imidazole rings is 2. The number of nitrogens with one attached hydrogen (secondary N) is 3. The van der Waals surface area contributed by atoms with E-state index in [2.05, 4.69) is 25.3 Å². The fourth-order valence-electron chi connectivity index (χ4n) is 3.42. The van der Waals surface area contributed by atoms with Crippen LogP contribution in [0.15, 0.2) is 12.7 Å². The van der Waals surface area contributed by atoms with Crippen LogP contribution in [0, 0.1) is 0 Å². The molecular weight excluding hydrogens is 274 g/mol. The maximum Gasteiger partial charge on any atom is 0.0925 e. The summed E-state index contributed by atoms with van der Waals surface area (Å²) in [6.07, 6.45) is 10.4. The Kier molecular flexibility index (Phi) is 3.81. The highest BCUT2D eigenvalue weighted by atomic mass is 35.5. The van der Waals surface area contributed by atoms with Gasteiger partial charge in [0.05, 0.1) is 24.0 Å². The average Bonchev–Trinajstić information content (AvgIpc) is 3.05. The molecule has 2 aromatic heterocycles. The Bertz CT molecular complexity index is 525. The first kappa shape index (κ1) is 13.6. The summed E-state index contributed by atoms with van der Waals surface area (Å²) in [5, 5.41) is 3.82. The van der Waals surface area contributed by atoms with Crippen molar-refractivity contribution in [2.75, 3.05) is 0 Å². The minimum absolute atomic E-state index is 0. The Morgan fingerprint density at radius 2 is 1.40 bits per heavy atom. The van der Waals surface area contributed by atoms with Gasteiger partial charge < -0.3 is 15.3 Å². The van der Waals surface area contributed by atoms with Crippen LogP contribution in [0.25, 0.3) is 0 Å². The third kappa shape index (κ3) is 2.47. The third-order valence-electron chi connectivity index (χ3n) is 4.45. The second-order valence-corrected chi connectivity index (χ2v) is 5.70. The molecule has 2 aliphatic carbocycles. The van der Waals surface area contributed by atoms with Crippen LogP contribution in [-0.2, 0) is 25.7 Å². The van der Waals surface area contributed by atoms with Gasteiger partial charge in [-0.05, 0) is 25.7 Å². The molecule has 2 aromatic rings. The van der Waals surface area contributed by atoms with Gasteiger partial charge in [-0.2, -0.15) is 0 Å². The van der Waals surface area contributed by atoms with Gasteiger partial charge >= 0.3 is 0 Å². The zero-order chi connectivity index (χ0) is 12.7. The van der Waals surface area contributed by atoms with E-state index >= 15 is 0 Å². The monoisotopic (exact) mass is 293 g/mol. The highest BCUT2D eigenvalue weighted by Gasteiger charge is 2.26. The molecule has 108 valence electrons. The Morgan fingerprint density at radius 1 is 0.900 bits per heavy atom. The lowest BCUT2D eigenvalue weighted by molar-refractivity contribution is 0.361. The lowest BCUT2D eigenvalue weighted by atomic mass is 9.91. The standard InChI is InChI=1S/C14H19N5.ClH/c1-3-11-13(17-7-15-11)5-9(1)19-10-2-4-12-14(6-10)18-8-16-12;/h7-10,19H,1-6H2,(H,15,17)(H,16,18);1H. The van der Waals surface area contributed by atoms with Crippen molar-refractivity contribution in [1.82, 2.24) is 25.3 Å². The van der Waals surface area contributed by atoms with Crippen molar-refractivity contribution in [1.29, 1.82) is 0 Å². The smallest absolute Gasteiger partial charge is 0.0925 e. The van der Waals surface area contributed by atoms with Crippen molar-refractivity contribution >= 4 is 12.4 Å². The van der Waals surface area contributed by atoms with Crippen molar-refractivity contribution in [2.45, 2.75) is 50.6 Å². The van der Waals surface area contributed by atoms with Crippen LogP contribution in [0.3, 0.4) is 0 Å². The number of rotatable bonds is 2. The molecule has 2 unspecified atom stereocenters. The molecule has 4 rings (SSSR count). The highest BCUT2D eigenvalue weighted by molar-refractivity contribution is 5.85. The van der Waals surface area contributed by atoms with Crippen molar-refractivity contribution in [3.8, 4) is 0 Å². The number of aromatic amines is 2. The number of fused-ring (bicyclic) bond motifs is 2. The van der Waals surface area contributed by atoms with Crippen LogP contribution in [-0.4, -0.2) is 32.0 Å². The van der Waals surface area contributed by atoms with Gasteiger partial charge in [-0.3, -0.25) is 0 Å². The molecule has 0 aliphatic heterocycles. The second kappa shape index (κ2) is 5.58. The average molecular weight is 294 g/mol. The molecule has 2 heterocycles. The fraction of sp³-hybridized carbons (Fsp3) is 0.571. The molecule has 0 amide bonds. The number of aromatic nitrogens is 4. The van der Waals surface area contributed by atoms with Gasteiger partial charge in [0, 0.05) is 36.3 Å². The number of aryl methyl sites for hydroxylation is 2. The molecule has 0 aromatic carbocycles. The lowest BCUT2D eigenvalue weighted by Gasteiger charge is -2.30. The Morgan fingerprint density at radius 3 is 1.90 bits per heavy atom. The van der Waals surface area contributed by atoms with Gasteiger partial charge in [0.1, 0.15) is 0 Å². The molecular formula is C14H20ClN5. The zero-order valence-corrected chi connectivity index (χ0v) is 12.2. The SMILES string of the molecule is Cl.c1nc2c([nH]1)CC(NC1CCc3nc[nH]c3C1)CC2. The molecule has 0 saturated heterocycles. The van der Waals surface area contributed by atoms with Crippen molar-refractivity contribution in [3.05, 3.63) is 35.4 Å². The maximum atomic E-state index is 4.36. The van der Waals surface area contributed by atoms with Gasteiger partial charge in [0.2, 0.25) is 0 Å². The molecule has 0 fully saturated rings. The molecule has 0 bridgehead atoms. The third-order valence-corrected chi connectivity index (χ3v) is 4.45. The minimum atomic E-state index is 0. The van der Waals surface area contributed by atoms with Gasteiger partial charge in [0.15, 0.2) is 0 Å². The van der Waals surface area contributed by atoms with E-state index in [0.29, 0.717) is 12.1 Å². The number of nitrogens with zero attached hydrogens (tertiary/aromatic N) is 2. The normalized spacial score (nSPS) is 24.6. The molecule has 2 atom stereocenters. The maximum absolute atomic E-state index is 4.36. The molecule has 20 heavy (non-hydrogen) atoms. The predicted octanol–water partition coefficient (Wildman–Crippen LogP) is 1.56. The summed E-state index contributed by atoms with van der Waals surface area (Å²) in [6.45, 7) is 0. The van der Waals surface area contributed by atoms with E-state index in [4.69, 9.17) is 0 Å². The Balaban J connectivity index is 0.00000121. The summed E-state index contributed by atoms with van der Waals surface area (Å²) in [6, 6.07) is 1.17. The quantitative estimate of drug-likeness (QED) is 0.787. The Labute approximate surface area is 124 Å². The summed E-state index contributed by atoms with van der Waals surface area (Å²) >= 11 is 0. The van der Waals surface area contributed by atoms with Gasteiger partial charge in [-0.25, -0.2) is 9.97 Å². The first-order chi connectivity index (χ1) is 9.38. The van der Waals surface area contributed by atoms with E-state index in [-0.39, 0.29) is 12.4 Å². The summed E-state index contributed by atoms with van der Waals surface area (Å²) in [7, 11) is 0. The van der Waals surface area contributed by atoms with Gasteiger partial charge in [-0.15, -0.1) is 12.4 Å². The summed E-state index contributed by atoms with van der Waals surface area (Å²) in [5.41, 5.74) is 5.17. The first-order valence-electron chi connectivity index (χ1n) is 7.17. The van der Waals surface area contributed by atoms with Crippen molar-refractivity contribution in [2.24, 2.45) is 0 Å². The summed E-state index contributed by atoms with van der Waals surface area (Å²) in [4.78, 5) is 15.3. The molecule has 0 saturated carbocycles. The van der Waals surface area contributed by atoms with Gasteiger partial charge in [-0.1, -0.05) is 0 Å². The van der Waals surface area contributed by atoms with E-state index in [9.17, 15) is 0 Å². The van der Waals surface area contributed by atoms with Crippen LogP contribution >= 0.6 is 12.4 Å². The van der Waals surface area contributed by atoms with Crippen LogP contribution in [0.5, 0.6) is 0 Å². The Hall–Kier alpha value is -1.33. The molecule has 5 nitrogen and oxygen atoms in total. The van der Waals surface area contributed by atoms with Gasteiger partial charge in [0.25, 0.3) is 0 Å². The van der Waals surface area contributed by atoms with E-state index in [0.717, 1.165) is 25.7 Å². The van der Waals surface area contributed by atoms with Crippen LogP contribution in [0.4, 0.5) is 0 Å². The molecule has 0 spiro atoms. The van der Waals surface area contributed by atoms with Crippen LogP contribution in [0.1, 0.15) is 35.6 Å². The van der Waals surface area contributed by atoms with E-state index in [1.807, 2.05) is 12.7 Å². The lowest BCUT2D eigenvalue weighted by Crippen LogP contribution is -2.44. The van der Waals surface area contributed by atoms with Crippen molar-refractivity contribution in [3.63, 3.8) is 0 Å². The minimum Gasteiger partial charge on any atom is -0.348 e. The van der Waals surface area contributed by atoms with E-state index in [1.165, 1.54) is 35.6 Å². The fourth-order valence-corrected chi connectivity index (χ4v) is 3.42. The number of halogens is 1. The zero-order valence-electron chi connectivity index (χ0n) is 11.4. The van der Waals surface area contributed by atoms with E-state index < -0.39 is 0 Å². The molecule has 0 radical (unpaired) electrons. The van der Waals surface area contributed by atoms with Crippen molar-refractivity contribution < 1.29 is 0 Å². The van der Waals surface area contributed by atoms with Crippen LogP contribution < -0.4 is 5.32 Å². The molecule has 2 aliphatic rings. The summed E-state index contributed by atoms with van der Waals surface area (Å²) < 4.78 is 0. The predicted molar refractivity (Wildman–Crippen MR) is 79.2 cm³/mol. The largest absolute Gasteiger partial charge is 0.348 e. The van der Waals surface area contributed by atoms with Crippen LogP contribution in [0.2, 0.25) is 0 Å². The first-order valence-corrected chi connectivity index (χ1v) is 7.17. The number of H-pyrrole nitrogens is 2. The molecule has 6 heteroatoms. The van der Waals surface area contributed by atoms with E-state index in [1.54, 1.807) is 0 Å².